The number of hydrogen-bond acceptors (Lipinski definition) is 7. The molecule has 0 bridgehead atoms. The molecule has 0 spiro atoms. The monoisotopic (exact) mass is 396 g/mol. The third-order valence-electron chi connectivity index (χ3n) is 5.40. The summed E-state index contributed by atoms with van der Waals surface area (Å²) in [5.41, 5.74) is 1.31. The minimum atomic E-state index is -0.717. The van der Waals surface area contributed by atoms with Crippen molar-refractivity contribution in [3.63, 3.8) is 0 Å². The van der Waals surface area contributed by atoms with E-state index >= 15 is 0 Å². The lowest BCUT2D eigenvalue weighted by molar-refractivity contribution is -0.0779. The van der Waals surface area contributed by atoms with Gasteiger partial charge in [-0.05, 0) is 24.1 Å². The Labute approximate surface area is 168 Å². The Kier molecular flexibility index (Phi) is 5.14. The number of aromatic nitrogens is 5. The van der Waals surface area contributed by atoms with Gasteiger partial charge in [0.2, 0.25) is 5.82 Å². The van der Waals surface area contributed by atoms with Crippen LogP contribution in [0.3, 0.4) is 0 Å². The number of carbonyl (C=O) groups excluding carboxylic acids is 1. The van der Waals surface area contributed by atoms with Gasteiger partial charge in [0.25, 0.3) is 11.8 Å². The number of H-pyrrole nitrogens is 1. The van der Waals surface area contributed by atoms with Crippen LogP contribution in [0.4, 0.5) is 0 Å². The Bertz CT molecular complexity index is 973. The number of aromatic amines is 1. The van der Waals surface area contributed by atoms with Gasteiger partial charge in [-0.1, -0.05) is 25.1 Å². The molecule has 1 amide bonds. The van der Waals surface area contributed by atoms with Gasteiger partial charge in [-0.25, -0.2) is 0 Å². The lowest BCUT2D eigenvalue weighted by Crippen LogP contribution is -2.46. The van der Waals surface area contributed by atoms with E-state index in [1.807, 2.05) is 24.3 Å². The first-order valence-electron chi connectivity index (χ1n) is 9.68. The standard InChI is InChI=1S/C20H24N6O3/c1-13(2)15-12-16(24-23-15)18(27)26-10-7-20(28-3,8-11-26)19-22-17(25-29-19)14-6-4-5-9-21-14/h4-6,9,12-13H,7-8,10-11H2,1-3H3,(H,23,24). The molecule has 29 heavy (non-hydrogen) atoms. The molecule has 0 aliphatic carbocycles. The summed E-state index contributed by atoms with van der Waals surface area (Å²) in [5, 5.41) is 11.2. The molecule has 4 rings (SSSR count). The maximum Gasteiger partial charge on any atom is 0.274 e. The van der Waals surface area contributed by atoms with Gasteiger partial charge in [-0.3, -0.25) is 14.9 Å². The molecule has 3 aromatic heterocycles. The Morgan fingerprint density at radius 2 is 2.10 bits per heavy atom. The quantitative estimate of drug-likeness (QED) is 0.706. The second-order valence-corrected chi connectivity index (χ2v) is 7.49. The number of ether oxygens (including phenoxy) is 1. The zero-order valence-electron chi connectivity index (χ0n) is 16.8. The summed E-state index contributed by atoms with van der Waals surface area (Å²) in [6.45, 7) is 5.13. The predicted octanol–water partition coefficient (Wildman–Crippen LogP) is 2.76. The maximum absolute atomic E-state index is 12.8. The van der Waals surface area contributed by atoms with Crippen molar-refractivity contribution in [1.29, 1.82) is 0 Å². The second kappa shape index (κ2) is 7.75. The molecule has 9 heteroatoms. The van der Waals surface area contributed by atoms with Crippen molar-refractivity contribution in [1.82, 2.24) is 30.2 Å². The van der Waals surface area contributed by atoms with Crippen molar-refractivity contribution in [3.05, 3.63) is 47.7 Å². The highest BCUT2D eigenvalue weighted by Gasteiger charge is 2.43. The average molecular weight is 396 g/mol. The summed E-state index contributed by atoms with van der Waals surface area (Å²) in [6.07, 6.45) is 2.79. The predicted molar refractivity (Wildman–Crippen MR) is 104 cm³/mol. The van der Waals surface area contributed by atoms with Crippen molar-refractivity contribution in [2.24, 2.45) is 0 Å². The number of nitrogens with zero attached hydrogens (tertiary/aromatic N) is 5. The van der Waals surface area contributed by atoms with Crippen molar-refractivity contribution in [2.75, 3.05) is 20.2 Å². The van der Waals surface area contributed by atoms with Crippen LogP contribution in [0.2, 0.25) is 0 Å². The van der Waals surface area contributed by atoms with Crippen molar-refractivity contribution >= 4 is 5.91 Å². The smallest absolute Gasteiger partial charge is 0.274 e. The number of pyridine rings is 1. The van der Waals surface area contributed by atoms with Gasteiger partial charge in [-0.2, -0.15) is 10.1 Å². The van der Waals surface area contributed by atoms with Gasteiger partial charge in [0.1, 0.15) is 17.0 Å². The first-order valence-corrected chi connectivity index (χ1v) is 9.68. The molecule has 1 fully saturated rings. The molecule has 1 aliphatic heterocycles. The van der Waals surface area contributed by atoms with Crippen LogP contribution in [0.25, 0.3) is 11.5 Å². The minimum Gasteiger partial charge on any atom is -0.368 e. The van der Waals surface area contributed by atoms with Crippen molar-refractivity contribution < 1.29 is 14.1 Å². The first-order chi connectivity index (χ1) is 14.0. The van der Waals surface area contributed by atoms with Gasteiger partial charge in [0.15, 0.2) is 0 Å². The van der Waals surface area contributed by atoms with Crippen molar-refractivity contribution in [3.8, 4) is 11.5 Å². The highest BCUT2D eigenvalue weighted by atomic mass is 16.5. The largest absolute Gasteiger partial charge is 0.368 e. The normalized spacial score (nSPS) is 16.3. The fourth-order valence-corrected chi connectivity index (χ4v) is 3.49. The van der Waals surface area contributed by atoms with Gasteiger partial charge < -0.3 is 14.2 Å². The van der Waals surface area contributed by atoms with Crippen LogP contribution < -0.4 is 0 Å². The SMILES string of the molecule is COC1(c2nc(-c3ccccn3)no2)CCN(C(=O)c2cc(C(C)C)[nH]n2)CC1. The summed E-state index contributed by atoms with van der Waals surface area (Å²) < 4.78 is 11.3. The minimum absolute atomic E-state index is 0.0856. The number of carbonyl (C=O) groups is 1. The highest BCUT2D eigenvalue weighted by molar-refractivity contribution is 5.92. The van der Waals surface area contributed by atoms with Gasteiger partial charge in [0.05, 0.1) is 0 Å². The van der Waals surface area contributed by atoms with E-state index in [1.165, 1.54) is 0 Å². The zero-order valence-corrected chi connectivity index (χ0v) is 16.8. The molecule has 4 heterocycles. The van der Waals surface area contributed by atoms with Crippen LogP contribution in [0.5, 0.6) is 0 Å². The number of methoxy groups -OCH3 is 1. The molecule has 9 nitrogen and oxygen atoms in total. The lowest BCUT2D eigenvalue weighted by Gasteiger charge is -2.38. The molecule has 0 aromatic carbocycles. The second-order valence-electron chi connectivity index (χ2n) is 7.49. The van der Waals surface area contributed by atoms with E-state index in [2.05, 4.69) is 39.2 Å². The molecule has 0 saturated carbocycles. The van der Waals surface area contributed by atoms with Gasteiger partial charge >= 0.3 is 0 Å². The highest BCUT2D eigenvalue weighted by Crippen LogP contribution is 2.36. The lowest BCUT2D eigenvalue weighted by atomic mass is 9.90. The van der Waals surface area contributed by atoms with Crippen molar-refractivity contribution in [2.45, 2.75) is 38.2 Å². The zero-order chi connectivity index (χ0) is 20.4. The van der Waals surface area contributed by atoms with Crippen LogP contribution in [0.15, 0.2) is 35.0 Å². The Hall–Kier alpha value is -3.07. The van der Waals surface area contributed by atoms with E-state index in [4.69, 9.17) is 9.26 Å². The number of nitrogens with one attached hydrogen (secondary N) is 1. The number of amides is 1. The molecular weight excluding hydrogens is 372 g/mol. The average Bonchev–Trinajstić information content (AvgIpc) is 3.44. The van der Waals surface area contributed by atoms with E-state index in [0.29, 0.717) is 49.0 Å². The summed E-state index contributed by atoms with van der Waals surface area (Å²) in [6, 6.07) is 7.35. The molecule has 1 aliphatic rings. The molecule has 0 atom stereocenters. The fraction of sp³-hybridized carbons (Fsp3) is 0.450. The molecule has 1 saturated heterocycles. The summed E-state index contributed by atoms with van der Waals surface area (Å²) in [7, 11) is 1.63. The van der Waals surface area contributed by atoms with Crippen LogP contribution >= 0.6 is 0 Å². The maximum atomic E-state index is 12.8. The summed E-state index contributed by atoms with van der Waals surface area (Å²) in [5.74, 6) is 1.04. The number of rotatable bonds is 5. The van der Waals surface area contributed by atoms with Crippen LogP contribution in [0, 0.1) is 0 Å². The van der Waals surface area contributed by atoms with Crippen LogP contribution in [-0.4, -0.2) is 56.3 Å². The molecule has 0 unspecified atom stereocenters. The third-order valence-corrected chi connectivity index (χ3v) is 5.40. The Morgan fingerprint density at radius 1 is 1.31 bits per heavy atom. The topological polar surface area (TPSA) is 110 Å². The Morgan fingerprint density at radius 3 is 2.72 bits per heavy atom. The van der Waals surface area contributed by atoms with E-state index in [0.717, 1.165) is 5.69 Å². The summed E-state index contributed by atoms with van der Waals surface area (Å²) in [4.78, 5) is 23.4. The van der Waals surface area contributed by atoms with Crippen LogP contribution in [0.1, 0.15) is 54.7 Å². The third kappa shape index (κ3) is 3.65. The van der Waals surface area contributed by atoms with Gasteiger partial charge in [-0.15, -0.1) is 0 Å². The Balaban J connectivity index is 1.48. The van der Waals surface area contributed by atoms with E-state index < -0.39 is 5.60 Å². The van der Waals surface area contributed by atoms with Gasteiger partial charge in [0, 0.05) is 44.9 Å². The molecule has 152 valence electrons. The van der Waals surface area contributed by atoms with E-state index in [9.17, 15) is 4.79 Å². The fourth-order valence-electron chi connectivity index (χ4n) is 3.49. The molecule has 0 radical (unpaired) electrons. The first kappa shape index (κ1) is 19.3. The van der Waals surface area contributed by atoms with Crippen LogP contribution in [-0.2, 0) is 10.3 Å². The number of likely N-dealkylation sites (tertiary alicyclic amines) is 1. The van der Waals surface area contributed by atoms with E-state index in [-0.39, 0.29) is 11.8 Å². The molecule has 1 N–H and O–H groups in total. The number of hydrogen-bond donors (Lipinski definition) is 1. The summed E-state index contributed by atoms with van der Waals surface area (Å²) >= 11 is 0. The molecule has 3 aromatic rings. The van der Waals surface area contributed by atoms with E-state index in [1.54, 1.807) is 18.2 Å². The number of piperidine rings is 1. The molecular formula is C20H24N6O3.